The van der Waals surface area contributed by atoms with Crippen LogP contribution < -0.4 is 14.8 Å². The summed E-state index contributed by atoms with van der Waals surface area (Å²) in [7, 11) is 5.26. The summed E-state index contributed by atoms with van der Waals surface area (Å²) in [4.78, 5) is 0. The van der Waals surface area contributed by atoms with Gasteiger partial charge in [0.1, 0.15) is 0 Å². The quantitative estimate of drug-likeness (QED) is 0.901. The third kappa shape index (κ3) is 3.04. The van der Waals surface area contributed by atoms with E-state index < -0.39 is 0 Å². The maximum absolute atomic E-state index is 5.89. The molecule has 1 aromatic carbocycles. The lowest BCUT2D eigenvalue weighted by Crippen LogP contribution is -2.21. The summed E-state index contributed by atoms with van der Waals surface area (Å²) >= 11 is 3.60. The van der Waals surface area contributed by atoms with Crippen molar-refractivity contribution in [2.45, 2.75) is 12.5 Å². The van der Waals surface area contributed by atoms with Crippen molar-refractivity contribution in [3.05, 3.63) is 22.2 Å². The van der Waals surface area contributed by atoms with Crippen LogP contribution in [0.15, 0.2) is 16.6 Å². The Morgan fingerprint density at radius 3 is 2.63 bits per heavy atom. The lowest BCUT2D eigenvalue weighted by atomic mass is 9.95. The van der Waals surface area contributed by atoms with Crippen molar-refractivity contribution < 1.29 is 14.2 Å². The Hall–Kier alpha value is -0.780. The Kier molecular flexibility index (Phi) is 5.07. The van der Waals surface area contributed by atoms with Crippen LogP contribution in [0, 0.1) is 5.92 Å². The molecule has 0 aliphatic carbocycles. The molecule has 2 atom stereocenters. The zero-order valence-corrected chi connectivity index (χ0v) is 13.1. The number of nitrogens with one attached hydrogen (secondary N) is 1. The first-order chi connectivity index (χ1) is 9.21. The van der Waals surface area contributed by atoms with E-state index in [1.54, 1.807) is 14.2 Å². The summed E-state index contributed by atoms with van der Waals surface area (Å²) in [5, 5.41) is 3.23. The molecule has 1 heterocycles. The molecule has 5 heteroatoms. The van der Waals surface area contributed by atoms with Gasteiger partial charge in [-0.15, -0.1) is 0 Å². The van der Waals surface area contributed by atoms with E-state index in [0.29, 0.717) is 5.92 Å². The van der Waals surface area contributed by atoms with Crippen LogP contribution in [0.2, 0.25) is 0 Å². The van der Waals surface area contributed by atoms with Gasteiger partial charge in [-0.3, -0.25) is 0 Å². The average molecular weight is 330 g/mol. The Morgan fingerprint density at radius 2 is 2.00 bits per heavy atom. The Labute approximate surface area is 122 Å². The molecule has 2 unspecified atom stereocenters. The first kappa shape index (κ1) is 14.6. The summed E-state index contributed by atoms with van der Waals surface area (Å²) < 4.78 is 17.6. The Bertz CT molecular complexity index is 439. The van der Waals surface area contributed by atoms with Gasteiger partial charge in [0.05, 0.1) is 20.3 Å². The molecule has 2 rings (SSSR count). The van der Waals surface area contributed by atoms with E-state index >= 15 is 0 Å². The molecule has 19 heavy (non-hydrogen) atoms. The minimum absolute atomic E-state index is 0.0987. The van der Waals surface area contributed by atoms with E-state index in [0.717, 1.165) is 41.1 Å². The fourth-order valence-electron chi connectivity index (χ4n) is 2.54. The van der Waals surface area contributed by atoms with Crippen molar-refractivity contribution in [1.29, 1.82) is 0 Å². The first-order valence-corrected chi connectivity index (χ1v) is 7.18. The lowest BCUT2D eigenvalue weighted by Gasteiger charge is -2.21. The zero-order chi connectivity index (χ0) is 13.8. The Balaban J connectivity index is 2.33. The van der Waals surface area contributed by atoms with Gasteiger partial charge in [0, 0.05) is 23.5 Å². The predicted molar refractivity (Wildman–Crippen MR) is 78.0 cm³/mol. The maximum atomic E-state index is 5.89. The van der Waals surface area contributed by atoms with E-state index in [1.807, 2.05) is 19.2 Å². The van der Waals surface area contributed by atoms with Gasteiger partial charge in [0.15, 0.2) is 11.5 Å². The molecule has 1 aromatic rings. The van der Waals surface area contributed by atoms with Gasteiger partial charge in [-0.2, -0.15) is 0 Å². The molecular formula is C14H20BrNO3. The number of hydrogen-bond acceptors (Lipinski definition) is 4. The number of hydrogen-bond donors (Lipinski definition) is 1. The lowest BCUT2D eigenvalue weighted by molar-refractivity contribution is 0.0901. The van der Waals surface area contributed by atoms with Gasteiger partial charge in [0.25, 0.3) is 0 Å². The first-order valence-electron chi connectivity index (χ1n) is 6.38. The monoisotopic (exact) mass is 329 g/mol. The molecule has 1 aliphatic heterocycles. The second-order valence-electron chi connectivity index (χ2n) is 4.63. The molecule has 0 radical (unpaired) electrons. The second-order valence-corrected chi connectivity index (χ2v) is 5.48. The van der Waals surface area contributed by atoms with E-state index in [9.17, 15) is 0 Å². The van der Waals surface area contributed by atoms with E-state index in [4.69, 9.17) is 14.2 Å². The van der Waals surface area contributed by atoms with Crippen LogP contribution in [0.5, 0.6) is 11.5 Å². The normalized spacial score (nSPS) is 22.5. The van der Waals surface area contributed by atoms with Gasteiger partial charge in [0.2, 0.25) is 0 Å². The van der Waals surface area contributed by atoms with Crippen LogP contribution >= 0.6 is 15.9 Å². The van der Waals surface area contributed by atoms with Crippen LogP contribution in [0.1, 0.15) is 18.1 Å². The second kappa shape index (κ2) is 6.59. The fourth-order valence-corrected chi connectivity index (χ4v) is 3.08. The molecular weight excluding hydrogens is 310 g/mol. The molecule has 0 aromatic heterocycles. The van der Waals surface area contributed by atoms with Gasteiger partial charge in [-0.05, 0) is 31.2 Å². The number of methoxy groups -OCH3 is 2. The highest BCUT2D eigenvalue weighted by atomic mass is 79.9. The van der Waals surface area contributed by atoms with Crippen molar-refractivity contribution in [1.82, 2.24) is 5.32 Å². The van der Waals surface area contributed by atoms with Crippen molar-refractivity contribution in [3.63, 3.8) is 0 Å². The number of ether oxygens (including phenoxy) is 3. The molecule has 1 saturated heterocycles. The van der Waals surface area contributed by atoms with E-state index in [1.165, 1.54) is 0 Å². The third-order valence-corrected chi connectivity index (χ3v) is 4.18. The molecule has 0 bridgehead atoms. The topological polar surface area (TPSA) is 39.7 Å². The number of halogens is 1. The number of rotatable bonds is 5. The molecule has 1 aliphatic rings. The summed E-state index contributed by atoms with van der Waals surface area (Å²) in [6, 6.07) is 3.94. The molecule has 0 spiro atoms. The minimum atomic E-state index is 0.0987. The highest BCUT2D eigenvalue weighted by Crippen LogP contribution is 2.42. The fraction of sp³-hybridized carbons (Fsp3) is 0.571. The van der Waals surface area contributed by atoms with E-state index in [2.05, 4.69) is 21.2 Å². The summed E-state index contributed by atoms with van der Waals surface area (Å²) in [6.07, 6.45) is 1.17. The zero-order valence-electron chi connectivity index (χ0n) is 11.5. The minimum Gasteiger partial charge on any atom is -0.493 e. The highest BCUT2D eigenvalue weighted by Gasteiger charge is 2.31. The van der Waals surface area contributed by atoms with Crippen LogP contribution in [-0.4, -0.2) is 34.4 Å². The van der Waals surface area contributed by atoms with Crippen LogP contribution in [0.3, 0.4) is 0 Å². The summed E-state index contributed by atoms with van der Waals surface area (Å²) in [5.41, 5.74) is 1.12. The largest absolute Gasteiger partial charge is 0.493 e. The van der Waals surface area contributed by atoms with Crippen molar-refractivity contribution in [3.8, 4) is 11.5 Å². The highest BCUT2D eigenvalue weighted by molar-refractivity contribution is 9.10. The molecule has 4 nitrogen and oxygen atoms in total. The van der Waals surface area contributed by atoms with Crippen LogP contribution in [-0.2, 0) is 4.74 Å². The Morgan fingerprint density at radius 1 is 1.32 bits per heavy atom. The third-order valence-electron chi connectivity index (χ3n) is 3.49. The summed E-state index contributed by atoms with van der Waals surface area (Å²) in [5.74, 6) is 1.94. The molecule has 0 amide bonds. The molecule has 1 N–H and O–H groups in total. The molecule has 0 saturated carbocycles. The van der Waals surface area contributed by atoms with Gasteiger partial charge in [-0.1, -0.05) is 15.9 Å². The van der Waals surface area contributed by atoms with Crippen molar-refractivity contribution in [2.24, 2.45) is 5.92 Å². The molecule has 106 valence electrons. The van der Waals surface area contributed by atoms with Crippen molar-refractivity contribution in [2.75, 3.05) is 34.4 Å². The van der Waals surface area contributed by atoms with Gasteiger partial charge in [-0.25, -0.2) is 0 Å². The average Bonchev–Trinajstić information content (AvgIpc) is 2.87. The standard InChI is InChI=1S/C14H20BrNO3/c1-16-8-9-4-5-19-14(9)10-6-12(17-2)13(18-3)7-11(10)15/h6-7,9,14,16H,4-5,8H2,1-3H3. The van der Waals surface area contributed by atoms with Crippen LogP contribution in [0.4, 0.5) is 0 Å². The summed E-state index contributed by atoms with van der Waals surface area (Å²) in [6.45, 7) is 1.75. The van der Waals surface area contributed by atoms with Crippen molar-refractivity contribution >= 4 is 15.9 Å². The van der Waals surface area contributed by atoms with Gasteiger partial charge < -0.3 is 19.5 Å². The smallest absolute Gasteiger partial charge is 0.161 e. The maximum Gasteiger partial charge on any atom is 0.161 e. The van der Waals surface area contributed by atoms with Crippen LogP contribution in [0.25, 0.3) is 0 Å². The SMILES string of the molecule is CNCC1CCOC1c1cc(OC)c(OC)cc1Br. The van der Waals surface area contributed by atoms with E-state index in [-0.39, 0.29) is 6.10 Å². The number of benzene rings is 1. The predicted octanol–water partition coefficient (Wildman–Crippen LogP) is 2.76. The molecule has 1 fully saturated rings. The van der Waals surface area contributed by atoms with Gasteiger partial charge >= 0.3 is 0 Å².